The second-order valence-corrected chi connectivity index (χ2v) is 10.7. The monoisotopic (exact) mass is 628 g/mol. The van der Waals surface area contributed by atoms with Crippen molar-refractivity contribution in [3.63, 3.8) is 0 Å². The highest BCUT2D eigenvalue weighted by Crippen LogP contribution is 2.27. The minimum absolute atomic E-state index is 0.222. The molecule has 0 saturated carbocycles. The van der Waals surface area contributed by atoms with Gasteiger partial charge in [0.25, 0.3) is 5.82 Å². The molecule has 0 aliphatic heterocycles. The predicted molar refractivity (Wildman–Crippen MR) is 164 cm³/mol. The summed E-state index contributed by atoms with van der Waals surface area (Å²) in [4.78, 5) is 40.7. The number of hydrogen-bond donors (Lipinski definition) is 2. The molecule has 12 nitrogen and oxygen atoms in total. The van der Waals surface area contributed by atoms with Crippen LogP contribution >= 0.6 is 15.9 Å². The number of carbonyl (C=O) groups excluding carboxylic acids is 1. The number of quaternary nitrogens is 1. The number of aromatic nitrogens is 5. The van der Waals surface area contributed by atoms with Crippen LogP contribution in [0.25, 0.3) is 10.9 Å². The number of carbonyl (C=O) groups is 1. The van der Waals surface area contributed by atoms with E-state index in [0.29, 0.717) is 57.2 Å². The van der Waals surface area contributed by atoms with Gasteiger partial charge in [-0.25, -0.2) is 15.0 Å². The van der Waals surface area contributed by atoms with Crippen LogP contribution in [0.1, 0.15) is 24.0 Å². The molecule has 212 valence electrons. The summed E-state index contributed by atoms with van der Waals surface area (Å²) in [6.45, 7) is 2.37. The second-order valence-electron chi connectivity index (χ2n) is 9.84. The van der Waals surface area contributed by atoms with E-state index in [1.807, 2.05) is 32.3 Å². The quantitative estimate of drug-likeness (QED) is 0.0919. The van der Waals surface area contributed by atoms with Crippen molar-refractivity contribution in [1.29, 1.82) is 0 Å². The van der Waals surface area contributed by atoms with Crippen molar-refractivity contribution in [3.05, 3.63) is 80.6 Å². The first kappa shape index (κ1) is 29.9. The van der Waals surface area contributed by atoms with Crippen LogP contribution in [0.2, 0.25) is 0 Å². The Kier molecular flexibility index (Phi) is 8.96. The molecule has 2 N–H and O–H groups in total. The minimum atomic E-state index is -0.504. The average molecular weight is 629 g/mol. The van der Waals surface area contributed by atoms with Crippen molar-refractivity contribution < 1.29 is 14.2 Å². The summed E-state index contributed by atoms with van der Waals surface area (Å²) in [6.07, 6.45) is 11.7. The fourth-order valence-electron chi connectivity index (χ4n) is 4.12. The first-order valence-corrected chi connectivity index (χ1v) is 13.4. The molecule has 1 amide bonds. The Balaban J connectivity index is 1.46. The maximum absolute atomic E-state index is 12.7. The molecular formula is C29H27BrN9O3+. The normalized spacial score (nSPS) is 11.1. The molecule has 0 saturated heterocycles. The predicted octanol–water partition coefficient (Wildman–Crippen LogP) is 4.30. The van der Waals surface area contributed by atoms with Crippen molar-refractivity contribution in [2.24, 2.45) is 7.05 Å². The Morgan fingerprint density at radius 1 is 1.26 bits per heavy atom. The molecule has 42 heavy (non-hydrogen) atoms. The van der Waals surface area contributed by atoms with Gasteiger partial charge in [0.2, 0.25) is 5.91 Å². The van der Waals surface area contributed by atoms with E-state index in [1.54, 1.807) is 36.9 Å². The van der Waals surface area contributed by atoms with E-state index in [0.717, 1.165) is 10.2 Å². The number of likely N-dealkylation sites (N-methyl/N-ethyl adjacent to an activating group) is 1. The largest absolute Gasteiger partial charge is 0.392 e. The number of anilines is 3. The summed E-state index contributed by atoms with van der Waals surface area (Å²) >= 11 is 3.43. The van der Waals surface area contributed by atoms with E-state index in [-0.39, 0.29) is 11.7 Å². The molecule has 4 rings (SSSR count). The first-order chi connectivity index (χ1) is 20.0. The molecule has 0 aliphatic rings. The molecule has 0 bridgehead atoms. The van der Waals surface area contributed by atoms with Crippen LogP contribution in [0.4, 0.5) is 23.1 Å². The Morgan fingerprint density at radius 2 is 2.05 bits per heavy atom. The minimum Gasteiger partial charge on any atom is -0.358 e. The van der Waals surface area contributed by atoms with E-state index < -0.39 is 4.92 Å². The molecular weight excluding hydrogens is 602 g/mol. The van der Waals surface area contributed by atoms with E-state index in [9.17, 15) is 14.9 Å². The van der Waals surface area contributed by atoms with Gasteiger partial charge in [-0.1, -0.05) is 11.8 Å². The number of nitro groups is 1. The van der Waals surface area contributed by atoms with Crippen molar-refractivity contribution in [1.82, 2.24) is 24.5 Å². The average Bonchev–Trinajstić information content (AvgIpc) is 3.24. The number of terminal acetylenes is 1. The Hall–Kier alpha value is -5.11. The number of pyridine rings is 1. The van der Waals surface area contributed by atoms with Crippen LogP contribution in [0.5, 0.6) is 0 Å². The number of nitrogens with one attached hydrogen (secondary N) is 2. The van der Waals surface area contributed by atoms with Gasteiger partial charge in [-0.2, -0.15) is 0 Å². The van der Waals surface area contributed by atoms with Crippen LogP contribution in [0.3, 0.4) is 0 Å². The van der Waals surface area contributed by atoms with Crippen molar-refractivity contribution >= 4 is 55.9 Å². The number of amides is 1. The third kappa shape index (κ3) is 6.96. The van der Waals surface area contributed by atoms with Gasteiger partial charge in [-0.05, 0) is 69.0 Å². The lowest BCUT2D eigenvalue weighted by Gasteiger charge is -2.28. The highest BCUT2D eigenvalue weighted by Gasteiger charge is 2.30. The number of benzene rings is 1. The zero-order valence-corrected chi connectivity index (χ0v) is 24.9. The number of hydrogen-bond acceptors (Lipinski definition) is 8. The van der Waals surface area contributed by atoms with Gasteiger partial charge in [0.05, 0.1) is 32.4 Å². The molecule has 1 aromatic carbocycles. The number of imidazole rings is 1. The van der Waals surface area contributed by atoms with Crippen LogP contribution in [-0.2, 0) is 18.4 Å². The van der Waals surface area contributed by atoms with Gasteiger partial charge >= 0.3 is 5.82 Å². The third-order valence-corrected chi connectivity index (χ3v) is 6.90. The number of nitrogens with zero attached hydrogens (tertiary/aromatic N) is 7. The molecule has 13 heteroatoms. The summed E-state index contributed by atoms with van der Waals surface area (Å²) in [5, 5.41) is 18.2. The maximum Gasteiger partial charge on any atom is 0.392 e. The molecule has 0 atom stereocenters. The van der Waals surface area contributed by atoms with Crippen LogP contribution in [0.15, 0.2) is 53.4 Å². The molecule has 4 aromatic rings. The second kappa shape index (κ2) is 12.6. The first-order valence-electron chi connectivity index (χ1n) is 12.6. The summed E-state index contributed by atoms with van der Waals surface area (Å²) in [7, 11) is 5.51. The van der Waals surface area contributed by atoms with E-state index in [2.05, 4.69) is 64.3 Å². The maximum atomic E-state index is 12.7. The standard InChI is InChI=1S/C29H26BrN9O3/c1-6-9-26-36-29(38(41)42)24(37(26)3)17-39(4,5)13-8-10-27(40)35-25-15-21-23(16-31-25)32-18-33-28(21)34-20-11-12-22(30)19(7-2)14-20/h2,8,10-12,14-16,18H,13,17H2,1,3-5H3,(H-,31,32,33,34,35,40)/p+1/b10-8+. The molecule has 3 heterocycles. The Bertz CT molecular complexity index is 1830. The fraction of sp³-hybridized carbons (Fsp3) is 0.207. The fourth-order valence-corrected chi connectivity index (χ4v) is 4.49. The van der Waals surface area contributed by atoms with Gasteiger partial charge in [0, 0.05) is 34.2 Å². The summed E-state index contributed by atoms with van der Waals surface area (Å²) in [6, 6.07) is 7.20. The van der Waals surface area contributed by atoms with Gasteiger partial charge in [-0.15, -0.1) is 6.42 Å². The zero-order chi connectivity index (χ0) is 30.4. The molecule has 0 fully saturated rings. The smallest absolute Gasteiger partial charge is 0.358 e. The van der Waals surface area contributed by atoms with Crippen molar-refractivity contribution in [2.45, 2.75) is 13.5 Å². The van der Waals surface area contributed by atoms with E-state index in [4.69, 9.17) is 6.42 Å². The van der Waals surface area contributed by atoms with Crippen molar-refractivity contribution in [2.75, 3.05) is 31.3 Å². The summed E-state index contributed by atoms with van der Waals surface area (Å²) in [5.41, 5.74) is 2.47. The number of fused-ring (bicyclic) bond motifs is 1. The molecule has 3 aromatic heterocycles. The van der Waals surface area contributed by atoms with Gasteiger partial charge in [0.15, 0.2) is 5.69 Å². The van der Waals surface area contributed by atoms with Gasteiger partial charge in [-0.3, -0.25) is 9.36 Å². The highest BCUT2D eigenvalue weighted by atomic mass is 79.9. The number of halogens is 1. The lowest BCUT2D eigenvalue weighted by atomic mass is 10.2. The third-order valence-electron chi connectivity index (χ3n) is 6.21. The van der Waals surface area contributed by atoms with Crippen LogP contribution in [0, 0.1) is 34.3 Å². The lowest BCUT2D eigenvalue weighted by molar-refractivity contribution is -0.898. The number of rotatable bonds is 9. The molecule has 0 radical (unpaired) electrons. The van der Waals surface area contributed by atoms with E-state index >= 15 is 0 Å². The molecule has 0 unspecified atom stereocenters. The SMILES string of the molecule is C#Cc1cc(Nc2ncnc3cnc(NC(=O)/C=C/C[N+](C)(C)Cc4c([N+](=O)[O-])nc(C#CC)n4C)cc23)ccc1Br. The highest BCUT2D eigenvalue weighted by molar-refractivity contribution is 9.10. The molecule has 0 spiro atoms. The zero-order valence-electron chi connectivity index (χ0n) is 23.3. The summed E-state index contributed by atoms with van der Waals surface area (Å²) in [5.74, 6) is 8.70. The van der Waals surface area contributed by atoms with Crippen LogP contribution in [-0.4, -0.2) is 60.5 Å². The van der Waals surface area contributed by atoms with Crippen molar-refractivity contribution in [3.8, 4) is 24.2 Å². The van der Waals surface area contributed by atoms with Crippen LogP contribution < -0.4 is 10.6 Å². The summed E-state index contributed by atoms with van der Waals surface area (Å²) < 4.78 is 2.77. The van der Waals surface area contributed by atoms with Gasteiger partial charge in [0.1, 0.15) is 24.5 Å². The lowest BCUT2D eigenvalue weighted by Crippen LogP contribution is -2.39. The van der Waals surface area contributed by atoms with E-state index in [1.165, 1.54) is 12.4 Å². The topological polar surface area (TPSA) is 141 Å². The van der Waals surface area contributed by atoms with Gasteiger partial charge < -0.3 is 25.2 Å². The Labute approximate surface area is 250 Å². The molecule has 0 aliphatic carbocycles. The Morgan fingerprint density at radius 3 is 2.76 bits per heavy atom.